The molecule has 136 valence electrons. The number of benzene rings is 1. The molecule has 0 spiro atoms. The highest BCUT2D eigenvalue weighted by molar-refractivity contribution is 5.67. The van der Waals surface area contributed by atoms with Crippen LogP contribution in [0.1, 0.15) is 11.1 Å². The fourth-order valence-electron chi connectivity index (χ4n) is 2.63. The molecule has 0 unspecified atom stereocenters. The van der Waals surface area contributed by atoms with E-state index in [0.717, 1.165) is 17.3 Å². The van der Waals surface area contributed by atoms with Gasteiger partial charge in [0, 0.05) is 17.4 Å². The molecule has 0 fully saturated rings. The van der Waals surface area contributed by atoms with Crippen LogP contribution in [0.3, 0.4) is 0 Å². The number of alkyl halides is 3. The number of anilines is 2. The summed E-state index contributed by atoms with van der Waals surface area (Å²) in [6, 6.07) is 11.4. The molecule has 0 radical (unpaired) electrons. The van der Waals surface area contributed by atoms with Crippen LogP contribution in [0.25, 0.3) is 16.9 Å². The molecule has 3 aromatic heterocycles. The van der Waals surface area contributed by atoms with Crippen LogP contribution in [0.5, 0.6) is 0 Å². The molecule has 27 heavy (non-hydrogen) atoms. The average molecular weight is 370 g/mol. The van der Waals surface area contributed by atoms with E-state index in [-0.39, 0.29) is 11.3 Å². The Hall–Kier alpha value is -3.49. The van der Waals surface area contributed by atoms with Gasteiger partial charge in [0.1, 0.15) is 0 Å². The van der Waals surface area contributed by atoms with Crippen LogP contribution in [-0.4, -0.2) is 24.8 Å². The number of fused-ring (bicyclic) bond motifs is 1. The molecule has 1 N–H and O–H groups in total. The van der Waals surface area contributed by atoms with Crippen LogP contribution in [0.15, 0.2) is 54.9 Å². The van der Waals surface area contributed by atoms with Gasteiger partial charge in [-0.1, -0.05) is 17.7 Å². The van der Waals surface area contributed by atoms with Crippen molar-refractivity contribution in [3.05, 3.63) is 66.0 Å². The first kappa shape index (κ1) is 17.0. The van der Waals surface area contributed by atoms with Crippen molar-refractivity contribution in [3.63, 3.8) is 0 Å². The second kappa shape index (κ2) is 6.35. The summed E-state index contributed by atoms with van der Waals surface area (Å²) in [5.74, 6) is 0.359. The first-order valence-electron chi connectivity index (χ1n) is 7.99. The molecular formula is C18H13F3N6. The van der Waals surface area contributed by atoms with E-state index < -0.39 is 11.7 Å². The largest absolute Gasteiger partial charge is 0.418 e. The zero-order chi connectivity index (χ0) is 19.0. The van der Waals surface area contributed by atoms with Gasteiger partial charge in [0.05, 0.1) is 17.5 Å². The number of halogens is 3. The molecule has 0 saturated heterocycles. The summed E-state index contributed by atoms with van der Waals surface area (Å²) in [6.45, 7) is 1.98. The molecule has 0 aliphatic heterocycles. The normalized spacial score (nSPS) is 11.7. The second-order valence-electron chi connectivity index (χ2n) is 5.93. The van der Waals surface area contributed by atoms with E-state index >= 15 is 0 Å². The van der Waals surface area contributed by atoms with Gasteiger partial charge in [-0.25, -0.2) is 0 Å². The summed E-state index contributed by atoms with van der Waals surface area (Å²) < 4.78 is 41.1. The van der Waals surface area contributed by atoms with Crippen LogP contribution in [-0.2, 0) is 6.18 Å². The zero-order valence-electron chi connectivity index (χ0n) is 14.1. The maximum absolute atomic E-state index is 13.2. The van der Waals surface area contributed by atoms with Gasteiger partial charge in [-0.15, -0.1) is 10.2 Å². The summed E-state index contributed by atoms with van der Waals surface area (Å²) in [5, 5.41) is 15.3. The van der Waals surface area contributed by atoms with E-state index in [1.54, 1.807) is 0 Å². The van der Waals surface area contributed by atoms with Gasteiger partial charge in [-0.3, -0.25) is 4.98 Å². The Morgan fingerprint density at radius 2 is 1.81 bits per heavy atom. The Morgan fingerprint density at radius 1 is 1.04 bits per heavy atom. The van der Waals surface area contributed by atoms with Crippen molar-refractivity contribution in [1.29, 1.82) is 0 Å². The highest BCUT2D eigenvalue weighted by Crippen LogP contribution is 2.35. The quantitative estimate of drug-likeness (QED) is 0.584. The van der Waals surface area contributed by atoms with Crippen molar-refractivity contribution in [3.8, 4) is 11.3 Å². The van der Waals surface area contributed by atoms with Crippen LogP contribution in [0, 0.1) is 6.92 Å². The number of nitrogens with one attached hydrogen (secondary N) is 1. The van der Waals surface area contributed by atoms with Crippen molar-refractivity contribution < 1.29 is 13.2 Å². The molecule has 9 heteroatoms. The van der Waals surface area contributed by atoms with Gasteiger partial charge in [-0.2, -0.15) is 22.8 Å². The molecule has 0 saturated carbocycles. The smallest absolute Gasteiger partial charge is 0.323 e. The van der Waals surface area contributed by atoms with E-state index in [0.29, 0.717) is 11.6 Å². The topological polar surface area (TPSA) is 68.0 Å². The highest BCUT2D eigenvalue weighted by atomic mass is 19.4. The van der Waals surface area contributed by atoms with Crippen molar-refractivity contribution in [1.82, 2.24) is 24.8 Å². The van der Waals surface area contributed by atoms with E-state index in [1.807, 2.05) is 31.2 Å². The van der Waals surface area contributed by atoms with Gasteiger partial charge in [0.2, 0.25) is 5.95 Å². The number of aryl methyl sites for hydroxylation is 1. The van der Waals surface area contributed by atoms with Crippen LogP contribution in [0.2, 0.25) is 0 Å². The number of aromatic nitrogens is 5. The fourth-order valence-corrected chi connectivity index (χ4v) is 2.63. The predicted molar refractivity (Wildman–Crippen MR) is 93.5 cm³/mol. The Bertz CT molecular complexity index is 1100. The second-order valence-corrected chi connectivity index (χ2v) is 5.93. The van der Waals surface area contributed by atoms with Crippen molar-refractivity contribution in [2.75, 3.05) is 5.32 Å². The monoisotopic (exact) mass is 370 g/mol. The van der Waals surface area contributed by atoms with Gasteiger partial charge in [0.15, 0.2) is 5.65 Å². The third-order valence-electron chi connectivity index (χ3n) is 3.96. The Labute approximate surface area is 151 Å². The molecule has 0 atom stereocenters. The molecule has 4 rings (SSSR count). The molecule has 0 aliphatic rings. The number of hydrogen-bond donors (Lipinski definition) is 1. The third-order valence-corrected chi connectivity index (χ3v) is 3.96. The van der Waals surface area contributed by atoms with E-state index in [4.69, 9.17) is 0 Å². The minimum atomic E-state index is -4.51. The summed E-state index contributed by atoms with van der Waals surface area (Å²) in [4.78, 5) is 3.87. The first-order valence-corrected chi connectivity index (χ1v) is 7.99. The van der Waals surface area contributed by atoms with Gasteiger partial charge >= 0.3 is 6.18 Å². The number of rotatable bonds is 3. The lowest BCUT2D eigenvalue weighted by atomic mass is 10.1. The minimum Gasteiger partial charge on any atom is -0.323 e. The lowest BCUT2D eigenvalue weighted by Crippen LogP contribution is -2.08. The molecule has 0 aliphatic carbocycles. The summed E-state index contributed by atoms with van der Waals surface area (Å²) >= 11 is 0. The molecule has 3 heterocycles. The Morgan fingerprint density at radius 3 is 2.56 bits per heavy atom. The SMILES string of the molecule is Cc1ccc(Nc2nnc3cc(-c4ncccc4C(F)(F)F)cnn23)cc1. The standard InChI is InChI=1S/C18H13F3N6/c1-11-4-6-13(7-5-11)24-17-26-25-15-9-12(10-23-27(15)17)16-14(18(19,20)21)3-2-8-22-16/h2-10H,1H3,(H,24,26). The average Bonchev–Trinajstić information content (AvgIpc) is 3.05. The van der Waals surface area contributed by atoms with Gasteiger partial charge in [-0.05, 0) is 37.3 Å². The van der Waals surface area contributed by atoms with Crippen LogP contribution < -0.4 is 5.32 Å². The summed E-state index contributed by atoms with van der Waals surface area (Å²) in [7, 11) is 0. The molecule has 0 bridgehead atoms. The number of nitrogens with zero attached hydrogens (tertiary/aromatic N) is 5. The lowest BCUT2D eigenvalue weighted by molar-refractivity contribution is -0.137. The number of hydrogen-bond acceptors (Lipinski definition) is 5. The Balaban J connectivity index is 1.72. The van der Waals surface area contributed by atoms with E-state index in [2.05, 4.69) is 25.6 Å². The summed E-state index contributed by atoms with van der Waals surface area (Å²) in [5.41, 5.74) is 1.41. The first-order chi connectivity index (χ1) is 12.9. The van der Waals surface area contributed by atoms with E-state index in [9.17, 15) is 13.2 Å². The maximum atomic E-state index is 13.2. The predicted octanol–water partition coefficient (Wildman–Crippen LogP) is 4.26. The molecule has 6 nitrogen and oxygen atoms in total. The minimum absolute atomic E-state index is 0.198. The highest BCUT2D eigenvalue weighted by Gasteiger charge is 2.34. The number of pyridine rings is 1. The lowest BCUT2D eigenvalue weighted by Gasteiger charge is -2.11. The Kier molecular flexibility index (Phi) is 3.98. The van der Waals surface area contributed by atoms with Crippen LogP contribution in [0.4, 0.5) is 24.8 Å². The maximum Gasteiger partial charge on any atom is 0.418 e. The molecule has 1 aromatic carbocycles. The molecule has 4 aromatic rings. The third kappa shape index (κ3) is 3.31. The molecular weight excluding hydrogens is 357 g/mol. The van der Waals surface area contributed by atoms with Gasteiger partial charge in [0.25, 0.3) is 0 Å². The van der Waals surface area contributed by atoms with E-state index in [1.165, 1.54) is 29.0 Å². The van der Waals surface area contributed by atoms with Crippen molar-refractivity contribution in [2.24, 2.45) is 0 Å². The van der Waals surface area contributed by atoms with Crippen molar-refractivity contribution >= 4 is 17.3 Å². The van der Waals surface area contributed by atoms with Gasteiger partial charge < -0.3 is 5.32 Å². The van der Waals surface area contributed by atoms with Crippen molar-refractivity contribution in [2.45, 2.75) is 13.1 Å². The summed E-state index contributed by atoms with van der Waals surface area (Å²) in [6.07, 6.45) is -1.89. The zero-order valence-corrected chi connectivity index (χ0v) is 14.1. The fraction of sp³-hybridized carbons (Fsp3) is 0.111. The molecule has 0 amide bonds. The van der Waals surface area contributed by atoms with Crippen LogP contribution >= 0.6 is 0 Å².